The number of nitrogens with zero attached hydrogens (tertiary/aromatic N) is 2. The number of aromatic nitrogens is 2. The third-order valence-electron chi connectivity index (χ3n) is 2.89. The van der Waals surface area contributed by atoms with E-state index in [-0.39, 0.29) is 0 Å². The number of hydrogen-bond acceptors (Lipinski definition) is 4. The van der Waals surface area contributed by atoms with Gasteiger partial charge >= 0.3 is 0 Å². The van der Waals surface area contributed by atoms with E-state index >= 15 is 0 Å². The molecule has 1 aromatic heterocycles. The van der Waals surface area contributed by atoms with Crippen LogP contribution in [0.25, 0.3) is 11.4 Å². The van der Waals surface area contributed by atoms with Crippen molar-refractivity contribution in [2.45, 2.75) is 13.5 Å². The van der Waals surface area contributed by atoms with E-state index in [4.69, 9.17) is 9.26 Å². The Bertz CT molecular complexity index is 692. The van der Waals surface area contributed by atoms with Crippen LogP contribution in [0.5, 0.6) is 5.75 Å². The standard InChI is InChI=1S/C16H14N2O2/c1-12-17-16(18-20-12)14-9-5-6-10-15(14)19-11-13-7-3-2-4-8-13/h2-10H,11H2,1H3. The normalized spacial score (nSPS) is 10.4. The maximum Gasteiger partial charge on any atom is 0.223 e. The molecule has 0 unspecified atom stereocenters. The van der Waals surface area contributed by atoms with Crippen LogP contribution in [0.3, 0.4) is 0 Å². The molecule has 0 bridgehead atoms. The van der Waals surface area contributed by atoms with Crippen LogP contribution in [0.2, 0.25) is 0 Å². The first-order chi connectivity index (χ1) is 9.83. The van der Waals surface area contributed by atoms with Gasteiger partial charge in [-0.15, -0.1) is 0 Å². The van der Waals surface area contributed by atoms with Crippen molar-refractivity contribution in [2.24, 2.45) is 0 Å². The number of para-hydroxylation sites is 1. The van der Waals surface area contributed by atoms with Crippen molar-refractivity contribution < 1.29 is 9.26 Å². The highest BCUT2D eigenvalue weighted by Gasteiger charge is 2.11. The molecule has 20 heavy (non-hydrogen) atoms. The summed E-state index contributed by atoms with van der Waals surface area (Å²) in [5, 5.41) is 3.94. The molecular formula is C16H14N2O2. The molecule has 3 rings (SSSR count). The van der Waals surface area contributed by atoms with Gasteiger partial charge in [0.15, 0.2) is 0 Å². The van der Waals surface area contributed by atoms with Crippen molar-refractivity contribution in [3.63, 3.8) is 0 Å². The van der Waals surface area contributed by atoms with Gasteiger partial charge in [-0.05, 0) is 17.7 Å². The molecule has 0 saturated heterocycles. The second-order valence-electron chi connectivity index (χ2n) is 4.41. The molecule has 0 aliphatic rings. The minimum Gasteiger partial charge on any atom is -0.488 e. The predicted molar refractivity (Wildman–Crippen MR) is 75.2 cm³/mol. The number of hydrogen-bond donors (Lipinski definition) is 0. The lowest BCUT2D eigenvalue weighted by molar-refractivity contribution is 0.307. The Morgan fingerprint density at radius 1 is 1.00 bits per heavy atom. The fraction of sp³-hybridized carbons (Fsp3) is 0.125. The van der Waals surface area contributed by atoms with Gasteiger partial charge in [0.25, 0.3) is 0 Å². The zero-order valence-corrected chi connectivity index (χ0v) is 11.1. The molecule has 0 saturated carbocycles. The first kappa shape index (κ1) is 12.4. The molecule has 1 heterocycles. The van der Waals surface area contributed by atoms with E-state index < -0.39 is 0 Å². The molecule has 4 heteroatoms. The Morgan fingerprint density at radius 2 is 1.75 bits per heavy atom. The van der Waals surface area contributed by atoms with Crippen LogP contribution in [0.15, 0.2) is 59.1 Å². The monoisotopic (exact) mass is 266 g/mol. The lowest BCUT2D eigenvalue weighted by atomic mass is 10.2. The molecule has 0 aliphatic carbocycles. The average Bonchev–Trinajstić information content (AvgIpc) is 2.93. The third kappa shape index (κ3) is 2.69. The molecule has 4 nitrogen and oxygen atoms in total. The van der Waals surface area contributed by atoms with Crippen molar-refractivity contribution in [1.82, 2.24) is 10.1 Å². The van der Waals surface area contributed by atoms with E-state index in [1.54, 1.807) is 6.92 Å². The van der Waals surface area contributed by atoms with Crippen molar-refractivity contribution in [3.8, 4) is 17.1 Å². The third-order valence-corrected chi connectivity index (χ3v) is 2.89. The first-order valence-corrected chi connectivity index (χ1v) is 6.39. The largest absolute Gasteiger partial charge is 0.488 e. The van der Waals surface area contributed by atoms with Crippen molar-refractivity contribution in [1.29, 1.82) is 0 Å². The summed E-state index contributed by atoms with van der Waals surface area (Å²) >= 11 is 0. The Hall–Kier alpha value is -2.62. The fourth-order valence-electron chi connectivity index (χ4n) is 1.92. The van der Waals surface area contributed by atoms with Crippen LogP contribution in [0.1, 0.15) is 11.5 Å². The van der Waals surface area contributed by atoms with Gasteiger partial charge in [-0.2, -0.15) is 4.98 Å². The lowest BCUT2D eigenvalue weighted by Crippen LogP contribution is -1.97. The van der Waals surface area contributed by atoms with Crippen LogP contribution < -0.4 is 4.74 Å². The van der Waals surface area contributed by atoms with Gasteiger partial charge in [0, 0.05) is 6.92 Å². The molecular weight excluding hydrogens is 252 g/mol. The van der Waals surface area contributed by atoms with Crippen LogP contribution in [0, 0.1) is 6.92 Å². The molecule has 0 fully saturated rings. The minimum atomic E-state index is 0.509. The SMILES string of the molecule is Cc1nc(-c2ccccc2OCc2ccccc2)no1. The Labute approximate surface area is 117 Å². The highest BCUT2D eigenvalue weighted by Crippen LogP contribution is 2.28. The number of benzene rings is 2. The molecule has 3 aromatic rings. The second kappa shape index (κ2) is 5.57. The Morgan fingerprint density at radius 3 is 2.50 bits per heavy atom. The summed E-state index contributed by atoms with van der Waals surface area (Å²) in [4.78, 5) is 4.24. The fourth-order valence-corrected chi connectivity index (χ4v) is 1.92. The van der Waals surface area contributed by atoms with Gasteiger partial charge in [-0.25, -0.2) is 0 Å². The van der Waals surface area contributed by atoms with E-state index in [1.165, 1.54) is 0 Å². The van der Waals surface area contributed by atoms with Gasteiger partial charge in [-0.3, -0.25) is 0 Å². The van der Waals surface area contributed by atoms with Crippen LogP contribution in [-0.4, -0.2) is 10.1 Å². The quantitative estimate of drug-likeness (QED) is 0.723. The summed E-state index contributed by atoms with van der Waals surface area (Å²) in [5.74, 6) is 1.83. The highest BCUT2D eigenvalue weighted by atomic mass is 16.5. The molecule has 0 amide bonds. The Kier molecular flexibility index (Phi) is 3.46. The summed E-state index contributed by atoms with van der Waals surface area (Å²) in [5.41, 5.74) is 1.95. The molecule has 100 valence electrons. The molecule has 0 spiro atoms. The van der Waals surface area contributed by atoms with E-state index in [9.17, 15) is 0 Å². The minimum absolute atomic E-state index is 0.509. The predicted octanol–water partition coefficient (Wildman–Crippen LogP) is 3.62. The van der Waals surface area contributed by atoms with E-state index in [2.05, 4.69) is 10.1 Å². The molecule has 2 aromatic carbocycles. The molecule has 0 N–H and O–H groups in total. The van der Waals surface area contributed by atoms with Crippen LogP contribution in [-0.2, 0) is 6.61 Å². The van der Waals surface area contributed by atoms with Crippen molar-refractivity contribution in [3.05, 3.63) is 66.1 Å². The maximum atomic E-state index is 5.87. The van der Waals surface area contributed by atoms with Gasteiger partial charge < -0.3 is 9.26 Å². The zero-order valence-electron chi connectivity index (χ0n) is 11.1. The van der Waals surface area contributed by atoms with E-state index in [1.807, 2.05) is 54.6 Å². The van der Waals surface area contributed by atoms with Crippen molar-refractivity contribution in [2.75, 3.05) is 0 Å². The average molecular weight is 266 g/mol. The van der Waals surface area contributed by atoms with E-state index in [0.29, 0.717) is 18.3 Å². The summed E-state index contributed by atoms with van der Waals surface area (Å²) < 4.78 is 10.9. The number of ether oxygens (including phenoxy) is 1. The first-order valence-electron chi connectivity index (χ1n) is 6.39. The van der Waals surface area contributed by atoms with Gasteiger partial charge in [0.1, 0.15) is 12.4 Å². The number of rotatable bonds is 4. The van der Waals surface area contributed by atoms with Crippen molar-refractivity contribution >= 4 is 0 Å². The van der Waals surface area contributed by atoms with Gasteiger partial charge in [-0.1, -0.05) is 47.6 Å². The van der Waals surface area contributed by atoms with Gasteiger partial charge in [0.2, 0.25) is 11.7 Å². The zero-order chi connectivity index (χ0) is 13.8. The molecule has 0 radical (unpaired) electrons. The maximum absolute atomic E-state index is 5.87. The molecule has 0 aliphatic heterocycles. The summed E-state index contributed by atoms with van der Waals surface area (Å²) in [7, 11) is 0. The number of aryl methyl sites for hydroxylation is 1. The summed E-state index contributed by atoms with van der Waals surface area (Å²) in [6.45, 7) is 2.28. The van der Waals surface area contributed by atoms with Gasteiger partial charge in [0.05, 0.1) is 5.56 Å². The smallest absolute Gasteiger partial charge is 0.223 e. The van der Waals surface area contributed by atoms with E-state index in [0.717, 1.165) is 16.9 Å². The Balaban J connectivity index is 1.83. The lowest BCUT2D eigenvalue weighted by Gasteiger charge is -2.09. The van der Waals surface area contributed by atoms with Crippen LogP contribution in [0.4, 0.5) is 0 Å². The summed E-state index contributed by atoms with van der Waals surface area (Å²) in [6.07, 6.45) is 0. The summed E-state index contributed by atoms with van der Waals surface area (Å²) in [6, 6.07) is 17.7. The molecule has 0 atom stereocenters. The van der Waals surface area contributed by atoms with Crippen LogP contribution >= 0.6 is 0 Å². The highest BCUT2D eigenvalue weighted by molar-refractivity contribution is 5.63. The topological polar surface area (TPSA) is 48.2 Å². The second-order valence-corrected chi connectivity index (χ2v) is 4.41.